The fourth-order valence-electron chi connectivity index (χ4n) is 3.73. The fraction of sp³-hybridized carbons (Fsp3) is 0.882. The number of ether oxygens (including phenoxy) is 1. The van der Waals surface area contributed by atoms with Gasteiger partial charge in [0.05, 0.1) is 0 Å². The van der Waals surface area contributed by atoms with E-state index in [2.05, 4.69) is 0 Å². The van der Waals surface area contributed by atoms with Gasteiger partial charge in [-0.25, -0.2) is 4.79 Å². The Morgan fingerprint density at radius 2 is 1.68 bits per heavy atom. The van der Waals surface area contributed by atoms with Crippen LogP contribution in [0.5, 0.6) is 0 Å². The Labute approximate surface area is 133 Å². The minimum absolute atomic E-state index is 0.207. The van der Waals surface area contributed by atoms with Gasteiger partial charge in [0.2, 0.25) is 0 Å². The second-order valence-corrected chi connectivity index (χ2v) is 8.01. The molecule has 2 rings (SSSR count). The summed E-state index contributed by atoms with van der Waals surface area (Å²) >= 11 is 0. The van der Waals surface area contributed by atoms with Crippen LogP contribution in [0, 0.1) is 11.3 Å². The van der Waals surface area contributed by atoms with Crippen molar-refractivity contribution < 1.29 is 19.4 Å². The Bertz CT molecular complexity index is 409. The van der Waals surface area contributed by atoms with Gasteiger partial charge in [-0.05, 0) is 70.6 Å². The number of hydrogen-bond acceptors (Lipinski definition) is 3. The van der Waals surface area contributed by atoms with Crippen LogP contribution in [0.25, 0.3) is 0 Å². The lowest BCUT2D eigenvalue weighted by atomic mass is 9.65. The van der Waals surface area contributed by atoms with Gasteiger partial charge >= 0.3 is 12.1 Å². The summed E-state index contributed by atoms with van der Waals surface area (Å²) in [5.41, 5.74) is -0.116. The van der Waals surface area contributed by atoms with Crippen molar-refractivity contribution in [2.24, 2.45) is 11.3 Å². The first-order chi connectivity index (χ1) is 10.2. The van der Waals surface area contributed by atoms with E-state index in [1.165, 1.54) is 0 Å². The summed E-state index contributed by atoms with van der Waals surface area (Å²) in [7, 11) is 0. The first-order valence-electron chi connectivity index (χ1n) is 8.39. The molecular formula is C17H29NO4. The first kappa shape index (κ1) is 17.1. The van der Waals surface area contributed by atoms with E-state index in [0.29, 0.717) is 17.8 Å². The Morgan fingerprint density at radius 3 is 2.14 bits per heavy atom. The van der Waals surface area contributed by atoms with Gasteiger partial charge < -0.3 is 14.7 Å². The molecule has 2 aliphatic rings. The zero-order chi connectivity index (χ0) is 16.4. The maximum absolute atomic E-state index is 12.1. The molecular weight excluding hydrogens is 282 g/mol. The van der Waals surface area contributed by atoms with Gasteiger partial charge in [0.15, 0.2) is 0 Å². The van der Waals surface area contributed by atoms with Gasteiger partial charge in [0.25, 0.3) is 0 Å². The molecule has 0 bridgehead atoms. The zero-order valence-corrected chi connectivity index (χ0v) is 14.1. The van der Waals surface area contributed by atoms with E-state index >= 15 is 0 Å². The standard InChI is InChI=1S/C17H29NO4/c1-16(2,3)22-15(21)18-10-8-17(9-11-18)6-4-13(5-7-17)12-14(19)20/h13H,4-12H2,1-3H3,(H,19,20). The van der Waals surface area contributed by atoms with Crippen molar-refractivity contribution >= 4 is 12.1 Å². The predicted molar refractivity (Wildman–Crippen MR) is 83.7 cm³/mol. The molecule has 1 aliphatic heterocycles. The largest absolute Gasteiger partial charge is 0.481 e. The summed E-state index contributed by atoms with van der Waals surface area (Å²) < 4.78 is 5.44. The normalized spacial score (nSPS) is 22.6. The quantitative estimate of drug-likeness (QED) is 0.845. The van der Waals surface area contributed by atoms with Crippen molar-refractivity contribution in [1.29, 1.82) is 0 Å². The lowest BCUT2D eigenvalue weighted by molar-refractivity contribution is -0.138. The summed E-state index contributed by atoms with van der Waals surface area (Å²) in [6.07, 6.45) is 6.37. The highest BCUT2D eigenvalue weighted by Crippen LogP contribution is 2.47. The molecule has 126 valence electrons. The van der Waals surface area contributed by atoms with Crippen LogP contribution in [0.4, 0.5) is 4.79 Å². The van der Waals surface area contributed by atoms with Gasteiger partial charge in [-0.1, -0.05) is 0 Å². The highest BCUT2D eigenvalue weighted by Gasteiger charge is 2.39. The van der Waals surface area contributed by atoms with Crippen molar-refractivity contribution in [2.75, 3.05) is 13.1 Å². The van der Waals surface area contributed by atoms with Gasteiger partial charge in [-0.15, -0.1) is 0 Å². The maximum atomic E-state index is 12.1. The summed E-state index contributed by atoms with van der Waals surface area (Å²) in [5, 5.41) is 8.90. The minimum atomic E-state index is -0.680. The molecule has 0 aromatic carbocycles. The third-order valence-corrected chi connectivity index (χ3v) is 5.10. The third-order valence-electron chi connectivity index (χ3n) is 5.10. The van der Waals surface area contributed by atoms with Gasteiger partial charge in [0.1, 0.15) is 5.60 Å². The Morgan fingerprint density at radius 1 is 1.14 bits per heavy atom. The molecule has 1 aliphatic carbocycles. The second-order valence-electron chi connectivity index (χ2n) is 8.01. The summed E-state index contributed by atoms with van der Waals surface area (Å²) in [5.74, 6) is -0.340. The van der Waals surface area contributed by atoms with E-state index in [4.69, 9.17) is 9.84 Å². The maximum Gasteiger partial charge on any atom is 0.410 e. The van der Waals surface area contributed by atoms with Crippen LogP contribution in [-0.4, -0.2) is 40.8 Å². The minimum Gasteiger partial charge on any atom is -0.481 e. The molecule has 0 aromatic rings. The van der Waals surface area contributed by atoms with Gasteiger partial charge in [0, 0.05) is 19.5 Å². The molecule has 0 atom stereocenters. The number of carbonyl (C=O) groups is 2. The molecule has 0 unspecified atom stereocenters. The molecule has 5 nitrogen and oxygen atoms in total. The van der Waals surface area contributed by atoms with Crippen LogP contribution in [0.1, 0.15) is 65.7 Å². The molecule has 1 heterocycles. The Hall–Kier alpha value is -1.26. The molecule has 2 fully saturated rings. The monoisotopic (exact) mass is 311 g/mol. The van der Waals surface area contributed by atoms with Crippen LogP contribution in [0.3, 0.4) is 0 Å². The number of piperidine rings is 1. The average molecular weight is 311 g/mol. The number of amides is 1. The molecule has 1 saturated heterocycles. The molecule has 0 aromatic heterocycles. The van der Waals surface area contributed by atoms with E-state index in [1.54, 1.807) is 0 Å². The number of carboxylic acid groups (broad SMARTS) is 1. The number of rotatable bonds is 2. The van der Waals surface area contributed by atoms with Crippen LogP contribution in [-0.2, 0) is 9.53 Å². The topological polar surface area (TPSA) is 66.8 Å². The lowest BCUT2D eigenvalue weighted by Gasteiger charge is -2.45. The van der Waals surface area contributed by atoms with Crippen molar-refractivity contribution in [3.63, 3.8) is 0 Å². The highest BCUT2D eigenvalue weighted by molar-refractivity contribution is 5.68. The van der Waals surface area contributed by atoms with Crippen molar-refractivity contribution in [1.82, 2.24) is 4.90 Å². The Balaban J connectivity index is 1.80. The highest BCUT2D eigenvalue weighted by atomic mass is 16.6. The fourth-order valence-corrected chi connectivity index (χ4v) is 3.73. The number of carbonyl (C=O) groups excluding carboxylic acids is 1. The summed E-state index contributed by atoms with van der Waals surface area (Å²) in [4.78, 5) is 24.7. The van der Waals surface area contributed by atoms with Crippen molar-refractivity contribution in [3.8, 4) is 0 Å². The van der Waals surface area contributed by atoms with E-state index in [9.17, 15) is 9.59 Å². The molecule has 1 saturated carbocycles. The summed E-state index contributed by atoms with van der Waals surface area (Å²) in [6.45, 7) is 7.19. The number of likely N-dealkylation sites (tertiary alicyclic amines) is 1. The number of nitrogens with zero attached hydrogens (tertiary/aromatic N) is 1. The molecule has 1 amide bonds. The Kier molecular flexibility index (Phi) is 5.03. The van der Waals surface area contributed by atoms with E-state index in [0.717, 1.165) is 51.6 Å². The summed E-state index contributed by atoms with van der Waals surface area (Å²) in [6, 6.07) is 0. The van der Waals surface area contributed by atoms with E-state index in [-0.39, 0.29) is 6.09 Å². The third kappa shape index (κ3) is 4.62. The van der Waals surface area contributed by atoms with Crippen LogP contribution in [0.15, 0.2) is 0 Å². The lowest BCUT2D eigenvalue weighted by Crippen LogP contribution is -2.46. The van der Waals surface area contributed by atoms with E-state index < -0.39 is 11.6 Å². The molecule has 1 N–H and O–H groups in total. The number of aliphatic carboxylic acids is 1. The predicted octanol–water partition coefficient (Wildman–Crippen LogP) is 3.67. The van der Waals surface area contributed by atoms with Gasteiger partial charge in [-0.3, -0.25) is 4.79 Å². The number of hydrogen-bond donors (Lipinski definition) is 1. The average Bonchev–Trinajstić information content (AvgIpc) is 2.40. The first-order valence-corrected chi connectivity index (χ1v) is 8.39. The smallest absolute Gasteiger partial charge is 0.410 e. The van der Waals surface area contributed by atoms with Crippen molar-refractivity contribution in [2.45, 2.75) is 71.3 Å². The van der Waals surface area contributed by atoms with Gasteiger partial charge in [-0.2, -0.15) is 0 Å². The number of carboxylic acids is 1. The van der Waals surface area contributed by atoms with Crippen LogP contribution < -0.4 is 0 Å². The zero-order valence-electron chi connectivity index (χ0n) is 14.1. The SMILES string of the molecule is CC(C)(C)OC(=O)N1CCC2(CCC(CC(=O)O)CC2)CC1. The van der Waals surface area contributed by atoms with Crippen molar-refractivity contribution in [3.05, 3.63) is 0 Å². The van der Waals surface area contributed by atoms with Crippen LogP contribution >= 0.6 is 0 Å². The molecule has 0 radical (unpaired) electrons. The molecule has 22 heavy (non-hydrogen) atoms. The molecule has 5 heteroatoms. The second kappa shape index (κ2) is 6.47. The van der Waals surface area contributed by atoms with E-state index in [1.807, 2.05) is 25.7 Å². The molecule has 1 spiro atoms. The van der Waals surface area contributed by atoms with Crippen LogP contribution in [0.2, 0.25) is 0 Å².